The second kappa shape index (κ2) is 8.54. The molecule has 1 rings (SSSR count). The zero-order valence-corrected chi connectivity index (χ0v) is 14.0. The van der Waals surface area contributed by atoms with Gasteiger partial charge in [0.1, 0.15) is 24.9 Å². The van der Waals surface area contributed by atoms with Gasteiger partial charge in [-0.2, -0.15) is 0 Å². The summed E-state index contributed by atoms with van der Waals surface area (Å²) in [5.74, 6) is -5.10. The lowest BCUT2D eigenvalue weighted by Gasteiger charge is -2.46. The third-order valence-electron chi connectivity index (χ3n) is 3.79. The molecule has 0 aliphatic carbocycles. The molecule has 0 unspecified atom stereocenters. The van der Waals surface area contributed by atoms with E-state index in [2.05, 4.69) is 10.1 Å². The molecule has 11 nitrogen and oxygen atoms in total. The number of carbonyl (C=O) groups excluding carboxylic acids is 2. The minimum absolute atomic E-state index is 0.521. The van der Waals surface area contributed by atoms with Crippen molar-refractivity contribution < 1.29 is 49.0 Å². The predicted molar refractivity (Wildman–Crippen MR) is 79.1 cm³/mol. The number of nitrogens with one attached hydrogen (secondary N) is 1. The molecule has 1 amide bonds. The topological polar surface area (TPSA) is 172 Å². The molecular weight excluding hydrogens is 342 g/mol. The van der Waals surface area contributed by atoms with E-state index in [4.69, 9.17) is 9.47 Å². The van der Waals surface area contributed by atoms with Crippen LogP contribution in [0.2, 0.25) is 0 Å². The van der Waals surface area contributed by atoms with Gasteiger partial charge in [0.05, 0.1) is 12.1 Å². The molecular formula is C14H23NO10. The average molecular weight is 365 g/mol. The van der Waals surface area contributed by atoms with Gasteiger partial charge in [-0.25, -0.2) is 4.79 Å². The molecule has 11 heteroatoms. The number of aliphatic carboxylic acids is 1. The van der Waals surface area contributed by atoms with Crippen LogP contribution < -0.4 is 5.32 Å². The molecule has 0 aromatic carbocycles. The highest BCUT2D eigenvalue weighted by atomic mass is 16.7. The molecule has 5 N–H and O–H groups in total. The van der Waals surface area contributed by atoms with Crippen LogP contribution in [-0.4, -0.2) is 88.2 Å². The number of hydrogen-bond donors (Lipinski definition) is 5. The summed E-state index contributed by atoms with van der Waals surface area (Å²) in [5, 5.41) is 42.1. The molecule has 0 radical (unpaired) electrons. The summed E-state index contributed by atoms with van der Waals surface area (Å²) in [4.78, 5) is 33.6. The van der Waals surface area contributed by atoms with Gasteiger partial charge in [0, 0.05) is 27.4 Å². The van der Waals surface area contributed by atoms with Crippen molar-refractivity contribution in [3.63, 3.8) is 0 Å². The smallest absolute Gasteiger partial charge is 0.364 e. The Bertz CT molecular complexity index is 512. The van der Waals surface area contributed by atoms with Gasteiger partial charge in [0.2, 0.25) is 5.91 Å². The number of ether oxygens (including phenoxy) is 3. The third-order valence-corrected chi connectivity index (χ3v) is 3.79. The molecule has 0 bridgehead atoms. The fraction of sp³-hybridized carbons (Fsp3) is 0.786. The van der Waals surface area contributed by atoms with E-state index < -0.39 is 67.1 Å². The first-order valence-electron chi connectivity index (χ1n) is 7.45. The SMILES string of the molecule is CO[C@]1(C(=O)O)C[C@@H](O)[C@@H](NC(C)=O)[C@H]([C@H](O)[C@H](O)COC(C)=O)O1. The van der Waals surface area contributed by atoms with E-state index in [0.29, 0.717) is 0 Å². The Hall–Kier alpha value is -1.79. The van der Waals surface area contributed by atoms with Crippen molar-refractivity contribution in [2.75, 3.05) is 13.7 Å². The fourth-order valence-corrected chi connectivity index (χ4v) is 2.53. The Morgan fingerprint density at radius 2 is 1.92 bits per heavy atom. The summed E-state index contributed by atoms with van der Waals surface area (Å²) in [6.07, 6.45) is -6.96. The number of rotatable bonds is 7. The van der Waals surface area contributed by atoms with Crippen molar-refractivity contribution in [2.45, 2.75) is 56.5 Å². The first-order chi connectivity index (χ1) is 11.5. The van der Waals surface area contributed by atoms with Crippen molar-refractivity contribution >= 4 is 17.8 Å². The molecule has 1 saturated heterocycles. The van der Waals surface area contributed by atoms with Crippen LogP contribution in [0.3, 0.4) is 0 Å². The van der Waals surface area contributed by atoms with Gasteiger partial charge >= 0.3 is 11.9 Å². The van der Waals surface area contributed by atoms with Gasteiger partial charge in [-0.1, -0.05) is 0 Å². The second-order valence-corrected chi connectivity index (χ2v) is 5.70. The lowest BCUT2D eigenvalue weighted by atomic mass is 9.88. The molecule has 1 fully saturated rings. The largest absolute Gasteiger partial charge is 0.477 e. The zero-order chi connectivity index (χ0) is 19.4. The Balaban J connectivity index is 3.09. The van der Waals surface area contributed by atoms with E-state index in [1.165, 1.54) is 0 Å². The van der Waals surface area contributed by atoms with Crippen molar-refractivity contribution in [1.29, 1.82) is 0 Å². The molecule has 6 atom stereocenters. The summed E-state index contributed by atoms with van der Waals surface area (Å²) in [6, 6.07) is -1.22. The highest BCUT2D eigenvalue weighted by Gasteiger charge is 2.55. The molecule has 0 aromatic heterocycles. The summed E-state index contributed by atoms with van der Waals surface area (Å²) >= 11 is 0. The molecule has 0 spiro atoms. The maximum Gasteiger partial charge on any atom is 0.364 e. The number of aliphatic hydroxyl groups excluding tert-OH is 3. The Labute approximate surface area is 143 Å². The minimum atomic E-state index is -2.28. The highest BCUT2D eigenvalue weighted by Crippen LogP contribution is 2.33. The van der Waals surface area contributed by atoms with Crippen LogP contribution in [0.5, 0.6) is 0 Å². The number of carboxylic acid groups (broad SMARTS) is 1. The average Bonchev–Trinajstić information content (AvgIpc) is 2.52. The standard InChI is InChI=1S/C14H23NO10/c1-6(16)15-10-8(18)4-14(23-3,13(21)22)25-12(10)11(20)9(19)5-24-7(2)17/h8-12,18-20H,4-5H2,1-3H3,(H,15,16)(H,21,22)/t8-,9-,10-,11-,12-,14-/m1/s1. The van der Waals surface area contributed by atoms with Crippen molar-refractivity contribution in [1.82, 2.24) is 5.32 Å². The first kappa shape index (κ1) is 21.3. The maximum absolute atomic E-state index is 11.5. The second-order valence-electron chi connectivity index (χ2n) is 5.70. The van der Waals surface area contributed by atoms with Crippen LogP contribution in [0.15, 0.2) is 0 Å². The lowest BCUT2D eigenvalue weighted by molar-refractivity contribution is -0.303. The fourth-order valence-electron chi connectivity index (χ4n) is 2.53. The number of carboxylic acids is 1. The van der Waals surface area contributed by atoms with E-state index in [-0.39, 0.29) is 0 Å². The van der Waals surface area contributed by atoms with Crippen LogP contribution in [-0.2, 0) is 28.6 Å². The number of carbonyl (C=O) groups is 3. The van der Waals surface area contributed by atoms with Crippen LogP contribution in [0, 0.1) is 0 Å². The van der Waals surface area contributed by atoms with E-state index in [1.807, 2.05) is 0 Å². The molecule has 1 heterocycles. The highest BCUT2D eigenvalue weighted by molar-refractivity contribution is 5.76. The molecule has 0 aromatic rings. The van der Waals surface area contributed by atoms with Crippen LogP contribution >= 0.6 is 0 Å². The van der Waals surface area contributed by atoms with Crippen LogP contribution in [0.4, 0.5) is 0 Å². The first-order valence-corrected chi connectivity index (χ1v) is 7.45. The summed E-state index contributed by atoms with van der Waals surface area (Å²) in [6.45, 7) is 1.66. The Morgan fingerprint density at radius 1 is 1.32 bits per heavy atom. The van der Waals surface area contributed by atoms with Gasteiger partial charge in [0.25, 0.3) is 5.79 Å². The molecule has 1 aliphatic heterocycles. The molecule has 0 saturated carbocycles. The zero-order valence-electron chi connectivity index (χ0n) is 14.0. The Kier molecular flexibility index (Phi) is 7.26. The Morgan fingerprint density at radius 3 is 2.36 bits per heavy atom. The number of hydrogen-bond acceptors (Lipinski definition) is 9. The number of aliphatic hydroxyl groups is 3. The van der Waals surface area contributed by atoms with Gasteiger partial charge in [-0.05, 0) is 0 Å². The predicted octanol–water partition coefficient (Wildman–Crippen LogP) is -2.65. The van der Waals surface area contributed by atoms with Crippen LogP contribution in [0.25, 0.3) is 0 Å². The van der Waals surface area contributed by atoms with Crippen molar-refractivity contribution in [3.05, 3.63) is 0 Å². The molecule has 144 valence electrons. The third kappa shape index (κ3) is 5.09. The van der Waals surface area contributed by atoms with Crippen LogP contribution in [0.1, 0.15) is 20.3 Å². The van der Waals surface area contributed by atoms with Gasteiger partial charge in [0.15, 0.2) is 0 Å². The molecule has 25 heavy (non-hydrogen) atoms. The van der Waals surface area contributed by atoms with Gasteiger partial charge in [-0.3, -0.25) is 9.59 Å². The van der Waals surface area contributed by atoms with Gasteiger partial charge < -0.3 is 40.0 Å². The maximum atomic E-state index is 11.5. The summed E-state index contributed by atoms with van der Waals surface area (Å²) < 4.78 is 14.7. The molecule has 1 aliphatic rings. The normalized spacial score (nSPS) is 31.7. The van der Waals surface area contributed by atoms with E-state index in [1.54, 1.807) is 0 Å². The van der Waals surface area contributed by atoms with E-state index in [0.717, 1.165) is 21.0 Å². The van der Waals surface area contributed by atoms with E-state index in [9.17, 15) is 34.8 Å². The number of amides is 1. The van der Waals surface area contributed by atoms with Crippen molar-refractivity contribution in [3.8, 4) is 0 Å². The summed E-state index contributed by atoms with van der Waals surface area (Å²) in [7, 11) is 1.04. The van der Waals surface area contributed by atoms with Crippen molar-refractivity contribution in [2.24, 2.45) is 0 Å². The minimum Gasteiger partial charge on any atom is -0.477 e. The number of methoxy groups -OCH3 is 1. The lowest BCUT2D eigenvalue weighted by Crippen LogP contribution is -2.67. The quantitative estimate of drug-likeness (QED) is 0.300. The van der Waals surface area contributed by atoms with Gasteiger partial charge in [-0.15, -0.1) is 0 Å². The number of esters is 1. The monoisotopic (exact) mass is 365 g/mol. The van der Waals surface area contributed by atoms with E-state index >= 15 is 0 Å². The summed E-state index contributed by atoms with van der Waals surface area (Å²) in [5.41, 5.74) is 0.